The molecule has 0 atom stereocenters. The molecule has 0 aliphatic heterocycles. The minimum absolute atomic E-state index is 0.237. The number of ether oxygens (including phenoxy) is 1. The van der Waals surface area contributed by atoms with Crippen LogP contribution in [0.1, 0.15) is 28.9 Å². The lowest BCUT2D eigenvalue weighted by Gasteiger charge is -2.08. The molecule has 0 spiro atoms. The van der Waals surface area contributed by atoms with Gasteiger partial charge in [-0.2, -0.15) is 5.10 Å². The van der Waals surface area contributed by atoms with Crippen molar-refractivity contribution in [2.75, 3.05) is 11.9 Å². The Morgan fingerprint density at radius 3 is 2.38 bits per heavy atom. The number of benzene rings is 2. The van der Waals surface area contributed by atoms with Gasteiger partial charge in [-0.3, -0.25) is 9.59 Å². The molecule has 0 saturated carbocycles. The molecule has 0 fully saturated rings. The SMILES string of the molecule is Cc1ccc(-n2nc(C)c(NC(=O)COC(=O)CCc3ccccc3)c2C)cc1. The zero-order valence-electron chi connectivity index (χ0n) is 16.9. The van der Waals surface area contributed by atoms with Crippen LogP contribution in [0.3, 0.4) is 0 Å². The second kappa shape index (κ2) is 9.19. The number of carbonyl (C=O) groups is 2. The average Bonchev–Trinajstić information content (AvgIpc) is 3.00. The van der Waals surface area contributed by atoms with Gasteiger partial charge >= 0.3 is 5.97 Å². The zero-order valence-corrected chi connectivity index (χ0v) is 16.9. The van der Waals surface area contributed by atoms with Crippen LogP contribution in [0.15, 0.2) is 54.6 Å². The molecule has 0 aliphatic rings. The summed E-state index contributed by atoms with van der Waals surface area (Å²) >= 11 is 0. The van der Waals surface area contributed by atoms with Gasteiger partial charge in [-0.1, -0.05) is 48.0 Å². The molecule has 6 heteroatoms. The highest BCUT2D eigenvalue weighted by Crippen LogP contribution is 2.23. The molecule has 3 rings (SSSR count). The monoisotopic (exact) mass is 391 g/mol. The number of nitrogens with one attached hydrogen (secondary N) is 1. The summed E-state index contributed by atoms with van der Waals surface area (Å²) in [5.41, 5.74) is 5.29. The number of aryl methyl sites for hydroxylation is 3. The highest BCUT2D eigenvalue weighted by Gasteiger charge is 2.16. The maximum atomic E-state index is 12.3. The van der Waals surface area contributed by atoms with Crippen molar-refractivity contribution in [2.45, 2.75) is 33.6 Å². The Hall–Kier alpha value is -3.41. The number of hydrogen-bond donors (Lipinski definition) is 1. The third-order valence-corrected chi connectivity index (χ3v) is 4.66. The van der Waals surface area contributed by atoms with Gasteiger partial charge in [0.25, 0.3) is 5.91 Å². The fourth-order valence-electron chi connectivity index (χ4n) is 3.05. The van der Waals surface area contributed by atoms with Gasteiger partial charge in [0.2, 0.25) is 0 Å². The molecule has 0 aliphatic carbocycles. The fraction of sp³-hybridized carbons (Fsp3) is 0.261. The Kier molecular flexibility index (Phi) is 6.44. The van der Waals surface area contributed by atoms with E-state index in [1.165, 1.54) is 0 Å². The summed E-state index contributed by atoms with van der Waals surface area (Å²) in [4.78, 5) is 24.2. The molecule has 1 aromatic heterocycles. The van der Waals surface area contributed by atoms with E-state index in [4.69, 9.17) is 4.74 Å². The maximum Gasteiger partial charge on any atom is 0.306 e. The Bertz CT molecular complexity index is 992. The number of hydrogen-bond acceptors (Lipinski definition) is 4. The molecule has 0 unspecified atom stereocenters. The third kappa shape index (κ3) is 5.31. The number of esters is 1. The van der Waals surface area contributed by atoms with E-state index in [1.54, 1.807) is 4.68 Å². The van der Waals surface area contributed by atoms with Crippen LogP contribution in [-0.2, 0) is 20.7 Å². The first-order valence-corrected chi connectivity index (χ1v) is 9.56. The summed E-state index contributed by atoms with van der Waals surface area (Å²) in [5, 5.41) is 7.33. The second-order valence-corrected chi connectivity index (χ2v) is 6.99. The van der Waals surface area contributed by atoms with E-state index in [-0.39, 0.29) is 18.9 Å². The lowest BCUT2D eigenvalue weighted by atomic mass is 10.1. The molecule has 1 N–H and O–H groups in total. The maximum absolute atomic E-state index is 12.3. The van der Waals surface area contributed by atoms with E-state index in [0.717, 1.165) is 22.5 Å². The quantitative estimate of drug-likeness (QED) is 0.620. The number of carbonyl (C=O) groups excluding carboxylic acids is 2. The van der Waals surface area contributed by atoms with Gasteiger partial charge in [0.05, 0.1) is 22.8 Å². The molecule has 29 heavy (non-hydrogen) atoms. The van der Waals surface area contributed by atoms with Crippen LogP contribution in [0, 0.1) is 20.8 Å². The molecule has 6 nitrogen and oxygen atoms in total. The highest BCUT2D eigenvalue weighted by molar-refractivity contribution is 5.93. The molecular weight excluding hydrogens is 366 g/mol. The number of anilines is 1. The van der Waals surface area contributed by atoms with Crippen LogP contribution in [0.2, 0.25) is 0 Å². The molecule has 0 radical (unpaired) electrons. The standard InChI is InChI=1S/C23H25N3O3/c1-16-9-12-20(13-10-16)26-18(3)23(17(2)25-26)24-21(27)15-29-22(28)14-11-19-7-5-4-6-8-19/h4-10,12-13H,11,14-15H2,1-3H3,(H,24,27). The topological polar surface area (TPSA) is 73.2 Å². The second-order valence-electron chi connectivity index (χ2n) is 6.99. The van der Waals surface area contributed by atoms with Gasteiger partial charge in [0.15, 0.2) is 6.61 Å². The highest BCUT2D eigenvalue weighted by atomic mass is 16.5. The lowest BCUT2D eigenvalue weighted by Crippen LogP contribution is -2.21. The predicted molar refractivity (Wildman–Crippen MR) is 112 cm³/mol. The number of amides is 1. The van der Waals surface area contributed by atoms with Crippen molar-refractivity contribution in [2.24, 2.45) is 0 Å². The van der Waals surface area contributed by atoms with E-state index in [1.807, 2.05) is 75.4 Å². The largest absolute Gasteiger partial charge is 0.456 e. The van der Waals surface area contributed by atoms with E-state index in [9.17, 15) is 9.59 Å². The van der Waals surface area contributed by atoms with Crippen LogP contribution in [0.4, 0.5) is 5.69 Å². The van der Waals surface area contributed by atoms with Crippen LogP contribution in [-0.4, -0.2) is 28.3 Å². The molecule has 150 valence electrons. The van der Waals surface area contributed by atoms with Crippen molar-refractivity contribution in [1.29, 1.82) is 0 Å². The first-order valence-electron chi connectivity index (χ1n) is 9.56. The number of nitrogens with zero attached hydrogens (tertiary/aromatic N) is 2. The summed E-state index contributed by atoms with van der Waals surface area (Å²) < 4.78 is 6.89. The third-order valence-electron chi connectivity index (χ3n) is 4.66. The van der Waals surface area contributed by atoms with Gasteiger partial charge in [-0.15, -0.1) is 0 Å². The van der Waals surface area contributed by atoms with Crippen molar-refractivity contribution in [3.05, 3.63) is 77.1 Å². The van der Waals surface area contributed by atoms with Crippen molar-refractivity contribution >= 4 is 17.6 Å². The minimum Gasteiger partial charge on any atom is -0.456 e. The number of aromatic nitrogens is 2. The van der Waals surface area contributed by atoms with Gasteiger partial charge in [-0.25, -0.2) is 4.68 Å². The summed E-state index contributed by atoms with van der Waals surface area (Å²) in [6.07, 6.45) is 0.823. The van der Waals surface area contributed by atoms with Gasteiger partial charge < -0.3 is 10.1 Å². The van der Waals surface area contributed by atoms with Gasteiger partial charge in [0.1, 0.15) is 0 Å². The molecule has 2 aromatic carbocycles. The molecule has 3 aromatic rings. The number of rotatable bonds is 7. The Morgan fingerprint density at radius 1 is 1.00 bits per heavy atom. The fourth-order valence-corrected chi connectivity index (χ4v) is 3.05. The zero-order chi connectivity index (χ0) is 20.8. The van der Waals surface area contributed by atoms with Crippen molar-refractivity contribution < 1.29 is 14.3 Å². The van der Waals surface area contributed by atoms with E-state index < -0.39 is 5.97 Å². The van der Waals surface area contributed by atoms with Crippen LogP contribution in [0.5, 0.6) is 0 Å². The Balaban J connectivity index is 1.55. The normalized spacial score (nSPS) is 10.6. The summed E-state index contributed by atoms with van der Waals surface area (Å²) in [6, 6.07) is 17.7. The van der Waals surface area contributed by atoms with Crippen LogP contribution in [0.25, 0.3) is 5.69 Å². The summed E-state index contributed by atoms with van der Waals surface area (Å²) in [6.45, 7) is 5.43. The molecule has 1 amide bonds. The van der Waals surface area contributed by atoms with Crippen molar-refractivity contribution in [3.8, 4) is 5.69 Å². The minimum atomic E-state index is -0.396. The first kappa shape index (κ1) is 20.3. The van der Waals surface area contributed by atoms with Crippen LogP contribution >= 0.6 is 0 Å². The van der Waals surface area contributed by atoms with Crippen LogP contribution < -0.4 is 5.32 Å². The van der Waals surface area contributed by atoms with Gasteiger partial charge in [0, 0.05) is 6.42 Å². The lowest BCUT2D eigenvalue weighted by molar-refractivity contribution is -0.147. The molecule has 0 saturated heterocycles. The van der Waals surface area contributed by atoms with Gasteiger partial charge in [-0.05, 0) is 44.9 Å². The average molecular weight is 391 g/mol. The summed E-state index contributed by atoms with van der Waals surface area (Å²) in [7, 11) is 0. The predicted octanol–water partition coefficient (Wildman–Crippen LogP) is 3.91. The Morgan fingerprint density at radius 2 is 1.69 bits per heavy atom. The smallest absolute Gasteiger partial charge is 0.306 e. The van der Waals surface area contributed by atoms with E-state index in [2.05, 4.69) is 10.4 Å². The Labute approximate surface area is 170 Å². The van der Waals surface area contributed by atoms with E-state index >= 15 is 0 Å². The van der Waals surface area contributed by atoms with Crippen molar-refractivity contribution in [1.82, 2.24) is 9.78 Å². The molecular formula is C23H25N3O3. The summed E-state index contributed by atoms with van der Waals surface area (Å²) in [5.74, 6) is -0.777. The molecule has 0 bridgehead atoms. The molecule has 1 heterocycles. The van der Waals surface area contributed by atoms with Crippen molar-refractivity contribution in [3.63, 3.8) is 0 Å². The first-order chi connectivity index (χ1) is 13.9. The van der Waals surface area contributed by atoms with E-state index in [0.29, 0.717) is 17.8 Å².